The number of hydrogen-bond donors (Lipinski definition) is 1. The molecule has 4 heterocycles. The summed E-state index contributed by atoms with van der Waals surface area (Å²) in [4.78, 5) is 24.2. The maximum Gasteiger partial charge on any atom is 0.270 e. The fourth-order valence-corrected chi connectivity index (χ4v) is 4.48. The van der Waals surface area contributed by atoms with Gasteiger partial charge in [-0.15, -0.1) is 0 Å². The molecule has 174 valence electrons. The second kappa shape index (κ2) is 9.81. The summed E-state index contributed by atoms with van der Waals surface area (Å²) in [5, 5.41) is 9.24. The van der Waals surface area contributed by atoms with Crippen molar-refractivity contribution in [2.75, 3.05) is 18.0 Å². The van der Waals surface area contributed by atoms with Gasteiger partial charge in [0.1, 0.15) is 17.2 Å². The Morgan fingerprint density at radius 2 is 1.76 bits per heavy atom. The monoisotopic (exact) mass is 474 g/mol. The molecule has 1 aromatic carbocycles. The Hall–Kier alpha value is -3.45. The minimum Gasteiger partial charge on any atom is -0.357 e. The number of fused-ring (bicyclic) bond motifs is 1. The quantitative estimate of drug-likeness (QED) is 0.440. The van der Waals surface area contributed by atoms with Crippen LogP contribution in [-0.4, -0.2) is 38.7 Å². The van der Waals surface area contributed by atoms with E-state index in [0.717, 1.165) is 46.8 Å². The highest BCUT2D eigenvalue weighted by atomic mass is 35.5. The topological polar surface area (TPSA) is 75.9 Å². The standard InChI is InChI=1S/C26H27ClN6O/c1-32-25-21(11-13-23(30-25)33-14-4-2-3-5-15-33)24(31-32)19-8-12-22(28-17-19)26(34)29-16-18-6-9-20(27)10-7-18/h6-13,17H,2-5,14-16H2,1H3,(H,29,34). The van der Waals surface area contributed by atoms with Crippen LogP contribution in [0.2, 0.25) is 5.02 Å². The Kier molecular flexibility index (Phi) is 6.45. The molecule has 1 N–H and O–H groups in total. The van der Waals surface area contributed by atoms with Crippen LogP contribution >= 0.6 is 11.6 Å². The summed E-state index contributed by atoms with van der Waals surface area (Å²) in [5.41, 5.74) is 3.85. The summed E-state index contributed by atoms with van der Waals surface area (Å²) < 4.78 is 1.82. The molecule has 8 heteroatoms. The zero-order valence-electron chi connectivity index (χ0n) is 19.2. The number of carbonyl (C=O) groups is 1. The van der Waals surface area contributed by atoms with E-state index in [4.69, 9.17) is 21.7 Å². The fraction of sp³-hybridized carbons (Fsp3) is 0.308. The smallest absolute Gasteiger partial charge is 0.270 e. The molecule has 0 atom stereocenters. The number of benzene rings is 1. The molecule has 1 aliphatic rings. The number of halogens is 1. The molecule has 0 spiro atoms. The van der Waals surface area contributed by atoms with Crippen molar-refractivity contribution in [1.82, 2.24) is 25.1 Å². The molecule has 1 fully saturated rings. The van der Waals surface area contributed by atoms with Gasteiger partial charge in [0, 0.05) is 48.9 Å². The molecular formula is C26H27ClN6O. The molecule has 0 saturated carbocycles. The number of aryl methyl sites for hydroxylation is 1. The molecule has 0 bridgehead atoms. The Morgan fingerprint density at radius 3 is 2.47 bits per heavy atom. The Labute approximate surface area is 203 Å². The molecule has 0 radical (unpaired) electrons. The number of carbonyl (C=O) groups excluding carboxylic acids is 1. The summed E-state index contributed by atoms with van der Waals surface area (Å²) in [6.07, 6.45) is 6.69. The maximum absolute atomic E-state index is 12.5. The van der Waals surface area contributed by atoms with Gasteiger partial charge in [0.25, 0.3) is 5.91 Å². The van der Waals surface area contributed by atoms with E-state index in [1.165, 1.54) is 25.7 Å². The first-order chi connectivity index (χ1) is 16.6. The highest BCUT2D eigenvalue weighted by molar-refractivity contribution is 6.30. The van der Waals surface area contributed by atoms with Gasteiger partial charge in [-0.25, -0.2) is 9.67 Å². The first-order valence-electron chi connectivity index (χ1n) is 11.7. The fourth-order valence-electron chi connectivity index (χ4n) is 4.35. The van der Waals surface area contributed by atoms with E-state index in [1.54, 1.807) is 24.4 Å². The van der Waals surface area contributed by atoms with Gasteiger partial charge in [-0.2, -0.15) is 5.10 Å². The van der Waals surface area contributed by atoms with E-state index in [0.29, 0.717) is 17.3 Å². The molecule has 0 aliphatic carbocycles. The van der Waals surface area contributed by atoms with Crippen molar-refractivity contribution in [2.45, 2.75) is 32.2 Å². The van der Waals surface area contributed by atoms with Gasteiger partial charge in [-0.05, 0) is 54.8 Å². The van der Waals surface area contributed by atoms with Gasteiger partial charge in [0.15, 0.2) is 5.65 Å². The largest absolute Gasteiger partial charge is 0.357 e. The number of hydrogen-bond acceptors (Lipinski definition) is 5. The number of pyridine rings is 2. The maximum atomic E-state index is 12.5. The Bertz CT molecular complexity index is 1290. The van der Waals surface area contributed by atoms with Crippen LogP contribution in [0.3, 0.4) is 0 Å². The Balaban J connectivity index is 1.33. The number of amides is 1. The summed E-state index contributed by atoms with van der Waals surface area (Å²) in [7, 11) is 1.91. The van der Waals surface area contributed by atoms with E-state index in [2.05, 4.69) is 27.3 Å². The first kappa shape index (κ1) is 22.3. The molecule has 34 heavy (non-hydrogen) atoms. The summed E-state index contributed by atoms with van der Waals surface area (Å²) >= 11 is 5.91. The first-order valence-corrected chi connectivity index (χ1v) is 12.0. The molecular weight excluding hydrogens is 448 g/mol. The van der Waals surface area contributed by atoms with E-state index < -0.39 is 0 Å². The van der Waals surface area contributed by atoms with Crippen LogP contribution in [0.15, 0.2) is 54.7 Å². The van der Waals surface area contributed by atoms with Crippen molar-refractivity contribution in [3.8, 4) is 11.3 Å². The van der Waals surface area contributed by atoms with Crippen molar-refractivity contribution in [1.29, 1.82) is 0 Å². The summed E-state index contributed by atoms with van der Waals surface area (Å²) in [5.74, 6) is 0.783. The normalized spacial score (nSPS) is 14.2. The lowest BCUT2D eigenvalue weighted by atomic mass is 10.1. The third-order valence-electron chi connectivity index (χ3n) is 6.24. The van der Waals surface area contributed by atoms with Gasteiger partial charge in [-0.1, -0.05) is 36.6 Å². The van der Waals surface area contributed by atoms with Crippen LogP contribution in [0.25, 0.3) is 22.3 Å². The van der Waals surface area contributed by atoms with E-state index >= 15 is 0 Å². The number of nitrogens with one attached hydrogen (secondary N) is 1. The average Bonchev–Trinajstić information content (AvgIpc) is 3.02. The molecule has 5 rings (SSSR count). The van der Waals surface area contributed by atoms with Crippen molar-refractivity contribution in [3.05, 3.63) is 71.0 Å². The van der Waals surface area contributed by atoms with Crippen molar-refractivity contribution >= 4 is 34.4 Å². The molecule has 1 amide bonds. The van der Waals surface area contributed by atoms with Crippen LogP contribution in [0.5, 0.6) is 0 Å². The van der Waals surface area contributed by atoms with Crippen LogP contribution in [-0.2, 0) is 13.6 Å². The predicted octanol–water partition coefficient (Wildman–Crippen LogP) is 4.99. The Morgan fingerprint density at radius 1 is 1.00 bits per heavy atom. The lowest BCUT2D eigenvalue weighted by Crippen LogP contribution is -2.24. The molecule has 1 saturated heterocycles. The number of nitrogens with zero attached hydrogens (tertiary/aromatic N) is 5. The molecule has 4 aromatic rings. The molecule has 0 unspecified atom stereocenters. The van der Waals surface area contributed by atoms with Crippen molar-refractivity contribution < 1.29 is 4.79 Å². The van der Waals surface area contributed by atoms with Gasteiger partial charge < -0.3 is 10.2 Å². The lowest BCUT2D eigenvalue weighted by molar-refractivity contribution is 0.0946. The van der Waals surface area contributed by atoms with Crippen molar-refractivity contribution in [2.24, 2.45) is 7.05 Å². The second-order valence-corrected chi connectivity index (χ2v) is 9.09. The van der Waals surface area contributed by atoms with E-state index in [9.17, 15) is 4.79 Å². The average molecular weight is 475 g/mol. The van der Waals surface area contributed by atoms with Crippen molar-refractivity contribution in [3.63, 3.8) is 0 Å². The minimum atomic E-state index is -0.226. The van der Waals surface area contributed by atoms with Crippen LogP contribution in [0.4, 0.5) is 5.82 Å². The number of rotatable bonds is 5. The van der Waals surface area contributed by atoms with E-state index in [-0.39, 0.29) is 5.91 Å². The third kappa shape index (κ3) is 4.75. The van der Waals surface area contributed by atoms with Crippen LogP contribution in [0, 0.1) is 0 Å². The zero-order chi connectivity index (χ0) is 23.5. The molecule has 3 aromatic heterocycles. The highest BCUT2D eigenvalue weighted by Gasteiger charge is 2.17. The molecule has 1 aliphatic heterocycles. The number of aromatic nitrogens is 4. The second-order valence-electron chi connectivity index (χ2n) is 8.66. The van der Waals surface area contributed by atoms with Gasteiger partial charge in [0.05, 0.1) is 0 Å². The van der Waals surface area contributed by atoms with Crippen LogP contribution < -0.4 is 10.2 Å². The van der Waals surface area contributed by atoms with Gasteiger partial charge in [0.2, 0.25) is 0 Å². The van der Waals surface area contributed by atoms with E-state index in [1.807, 2.05) is 29.9 Å². The summed E-state index contributed by atoms with van der Waals surface area (Å²) in [6, 6.07) is 15.2. The lowest BCUT2D eigenvalue weighted by Gasteiger charge is -2.21. The third-order valence-corrected chi connectivity index (χ3v) is 6.49. The minimum absolute atomic E-state index is 0.226. The molecule has 7 nitrogen and oxygen atoms in total. The van der Waals surface area contributed by atoms with Gasteiger partial charge in [-0.3, -0.25) is 9.78 Å². The zero-order valence-corrected chi connectivity index (χ0v) is 19.9. The highest BCUT2D eigenvalue weighted by Crippen LogP contribution is 2.29. The van der Waals surface area contributed by atoms with Crippen LogP contribution in [0.1, 0.15) is 41.7 Å². The number of anilines is 1. The predicted molar refractivity (Wildman–Crippen MR) is 135 cm³/mol. The summed E-state index contributed by atoms with van der Waals surface area (Å²) in [6.45, 7) is 2.51. The SMILES string of the molecule is Cn1nc(-c2ccc(C(=O)NCc3ccc(Cl)cc3)nc2)c2ccc(N3CCCCCC3)nc21. The van der Waals surface area contributed by atoms with Gasteiger partial charge >= 0.3 is 0 Å².